The summed E-state index contributed by atoms with van der Waals surface area (Å²) in [4.78, 5) is 12.9. The second-order valence-electron chi connectivity index (χ2n) is 8.09. The summed E-state index contributed by atoms with van der Waals surface area (Å²) in [6, 6.07) is 20.1. The number of Topliss-reactive ketones (excluding diaryl/α,β-unsaturated/α-hetero) is 1. The van der Waals surface area contributed by atoms with Crippen LogP contribution < -0.4 is 9.47 Å². The minimum absolute atomic E-state index is 0.0825. The summed E-state index contributed by atoms with van der Waals surface area (Å²) in [6.07, 6.45) is 1.81. The predicted molar refractivity (Wildman–Crippen MR) is 120 cm³/mol. The van der Waals surface area contributed by atoms with Crippen LogP contribution in [0.25, 0.3) is 6.08 Å². The molecular weight excluding hydrogens is 372 g/mol. The van der Waals surface area contributed by atoms with Crippen molar-refractivity contribution in [1.82, 2.24) is 0 Å². The molecule has 3 heteroatoms. The van der Waals surface area contributed by atoms with Crippen molar-refractivity contribution in [3.63, 3.8) is 0 Å². The van der Waals surface area contributed by atoms with Crippen molar-refractivity contribution in [3.8, 4) is 11.5 Å². The fourth-order valence-corrected chi connectivity index (χ4v) is 3.62. The first-order valence-corrected chi connectivity index (χ1v) is 10.3. The molecule has 0 spiro atoms. The van der Waals surface area contributed by atoms with E-state index in [2.05, 4.69) is 45.0 Å². The molecule has 0 N–H and O–H groups in total. The molecular formula is C27H26O3. The Kier molecular flexibility index (Phi) is 5.45. The van der Waals surface area contributed by atoms with Gasteiger partial charge < -0.3 is 9.47 Å². The normalized spacial score (nSPS) is 14.2. The Morgan fingerprint density at radius 1 is 0.967 bits per heavy atom. The molecule has 0 aromatic heterocycles. The fourth-order valence-electron chi connectivity index (χ4n) is 3.62. The summed E-state index contributed by atoms with van der Waals surface area (Å²) in [5.74, 6) is 2.00. The average molecular weight is 399 g/mol. The first-order chi connectivity index (χ1) is 14.4. The van der Waals surface area contributed by atoms with Crippen LogP contribution in [0.3, 0.4) is 0 Å². The van der Waals surface area contributed by atoms with E-state index in [1.807, 2.05) is 37.3 Å². The van der Waals surface area contributed by atoms with Gasteiger partial charge in [0.15, 0.2) is 5.76 Å². The molecule has 0 saturated carbocycles. The van der Waals surface area contributed by atoms with E-state index in [1.54, 1.807) is 12.1 Å². The highest BCUT2D eigenvalue weighted by Gasteiger charge is 2.30. The topological polar surface area (TPSA) is 35.5 Å². The number of benzene rings is 3. The summed E-state index contributed by atoms with van der Waals surface area (Å²) < 4.78 is 11.9. The number of hydrogen-bond acceptors (Lipinski definition) is 3. The van der Waals surface area contributed by atoms with E-state index < -0.39 is 0 Å². The number of ketones is 1. The van der Waals surface area contributed by atoms with Gasteiger partial charge in [0.05, 0.1) is 5.56 Å². The molecule has 3 aromatic rings. The zero-order valence-electron chi connectivity index (χ0n) is 17.9. The van der Waals surface area contributed by atoms with Gasteiger partial charge in [-0.2, -0.15) is 0 Å². The molecule has 3 aromatic carbocycles. The van der Waals surface area contributed by atoms with E-state index in [9.17, 15) is 4.79 Å². The van der Waals surface area contributed by atoms with E-state index >= 15 is 0 Å². The van der Waals surface area contributed by atoms with Crippen LogP contribution in [0.1, 0.15) is 57.9 Å². The Balaban J connectivity index is 1.55. The first-order valence-electron chi connectivity index (χ1n) is 10.3. The Labute approximate surface area is 178 Å². The number of rotatable bonds is 5. The van der Waals surface area contributed by atoms with E-state index in [0.29, 0.717) is 35.3 Å². The largest absolute Gasteiger partial charge is 0.489 e. The third-order valence-corrected chi connectivity index (χ3v) is 5.50. The Hall–Kier alpha value is -3.33. The molecule has 0 bridgehead atoms. The smallest absolute Gasteiger partial charge is 0.232 e. The maximum atomic E-state index is 12.9. The van der Waals surface area contributed by atoms with Crippen molar-refractivity contribution < 1.29 is 14.3 Å². The fraction of sp³-hybridized carbons (Fsp3) is 0.222. The lowest BCUT2D eigenvalue weighted by Gasteiger charge is -2.10. The van der Waals surface area contributed by atoms with E-state index in [-0.39, 0.29) is 5.78 Å². The van der Waals surface area contributed by atoms with Gasteiger partial charge in [-0.1, -0.05) is 62.4 Å². The van der Waals surface area contributed by atoms with Gasteiger partial charge in [0.25, 0.3) is 0 Å². The maximum absolute atomic E-state index is 12.9. The van der Waals surface area contributed by atoms with Crippen molar-refractivity contribution in [2.45, 2.75) is 40.2 Å². The third-order valence-electron chi connectivity index (χ3n) is 5.50. The van der Waals surface area contributed by atoms with Crippen molar-refractivity contribution in [3.05, 3.63) is 99.8 Å². The van der Waals surface area contributed by atoms with Crippen LogP contribution in [0.4, 0.5) is 0 Å². The molecule has 0 atom stereocenters. The second kappa shape index (κ2) is 8.19. The van der Waals surface area contributed by atoms with E-state index in [1.165, 1.54) is 11.1 Å². The van der Waals surface area contributed by atoms with Crippen molar-refractivity contribution >= 4 is 11.9 Å². The van der Waals surface area contributed by atoms with Gasteiger partial charge in [0, 0.05) is 6.07 Å². The number of carbonyl (C=O) groups is 1. The van der Waals surface area contributed by atoms with Crippen LogP contribution in [0.2, 0.25) is 0 Å². The number of hydrogen-bond donors (Lipinski definition) is 0. The van der Waals surface area contributed by atoms with Gasteiger partial charge in [0.1, 0.15) is 18.1 Å². The molecule has 152 valence electrons. The van der Waals surface area contributed by atoms with Gasteiger partial charge in [-0.25, -0.2) is 0 Å². The van der Waals surface area contributed by atoms with Crippen molar-refractivity contribution in [2.24, 2.45) is 0 Å². The Bertz CT molecular complexity index is 1120. The predicted octanol–water partition coefficient (Wildman–Crippen LogP) is 6.62. The number of ether oxygens (including phenoxy) is 2. The summed E-state index contributed by atoms with van der Waals surface area (Å²) in [5.41, 5.74) is 6.02. The quantitative estimate of drug-likeness (QED) is 0.453. The second-order valence-corrected chi connectivity index (χ2v) is 8.09. The molecule has 4 rings (SSSR count). The zero-order chi connectivity index (χ0) is 21.3. The van der Waals surface area contributed by atoms with Crippen LogP contribution in [-0.2, 0) is 6.61 Å². The molecule has 0 saturated heterocycles. The minimum Gasteiger partial charge on any atom is -0.489 e. The highest BCUT2D eigenvalue weighted by Crippen LogP contribution is 2.37. The van der Waals surface area contributed by atoms with E-state index in [0.717, 1.165) is 16.7 Å². The van der Waals surface area contributed by atoms with Crippen LogP contribution in [-0.4, -0.2) is 5.78 Å². The van der Waals surface area contributed by atoms with Crippen molar-refractivity contribution in [2.75, 3.05) is 0 Å². The lowest BCUT2D eigenvalue weighted by molar-refractivity contribution is 0.101. The molecule has 0 aliphatic carbocycles. The van der Waals surface area contributed by atoms with Crippen molar-refractivity contribution in [1.29, 1.82) is 0 Å². The molecule has 1 aliphatic heterocycles. The van der Waals surface area contributed by atoms with Crippen LogP contribution in [0, 0.1) is 13.8 Å². The molecule has 1 aliphatic rings. The average Bonchev–Trinajstić information content (AvgIpc) is 3.03. The van der Waals surface area contributed by atoms with Crippen LogP contribution >= 0.6 is 0 Å². The number of aryl methyl sites for hydroxylation is 2. The molecule has 0 radical (unpaired) electrons. The molecule has 30 heavy (non-hydrogen) atoms. The molecule has 3 nitrogen and oxygen atoms in total. The van der Waals surface area contributed by atoms with E-state index in [4.69, 9.17) is 9.47 Å². The lowest BCUT2D eigenvalue weighted by Crippen LogP contribution is -2.00. The highest BCUT2D eigenvalue weighted by molar-refractivity contribution is 6.15. The third kappa shape index (κ3) is 4.02. The standard InChI is InChI=1S/C27H26O3/c1-17(2)21-11-9-20(10-12-21)14-25-27(28)26-19(4)13-23(15-24(26)30-25)29-16-22-8-6-5-7-18(22)3/h5-15,17H,16H2,1-4H3/b25-14-. The van der Waals surface area contributed by atoms with Gasteiger partial charge >= 0.3 is 0 Å². The SMILES string of the molecule is Cc1ccccc1COc1cc(C)c2c(c1)O/C(=C\c1ccc(C(C)C)cc1)C2=O. The highest BCUT2D eigenvalue weighted by atomic mass is 16.5. The Morgan fingerprint density at radius 2 is 1.70 bits per heavy atom. The monoisotopic (exact) mass is 398 g/mol. The van der Waals surface area contributed by atoms with Gasteiger partial charge in [-0.05, 0) is 59.7 Å². The maximum Gasteiger partial charge on any atom is 0.232 e. The zero-order valence-corrected chi connectivity index (χ0v) is 17.9. The minimum atomic E-state index is -0.0825. The lowest BCUT2D eigenvalue weighted by atomic mass is 10.0. The summed E-state index contributed by atoms with van der Waals surface area (Å²) in [7, 11) is 0. The first kappa shape index (κ1) is 20.0. The van der Waals surface area contributed by atoms with Crippen LogP contribution in [0.5, 0.6) is 11.5 Å². The summed E-state index contributed by atoms with van der Waals surface area (Å²) >= 11 is 0. The number of carbonyl (C=O) groups excluding carboxylic acids is 1. The summed E-state index contributed by atoms with van der Waals surface area (Å²) in [5, 5.41) is 0. The van der Waals surface area contributed by atoms with Gasteiger partial charge in [0.2, 0.25) is 5.78 Å². The number of allylic oxidation sites excluding steroid dienone is 1. The molecule has 0 unspecified atom stereocenters. The summed E-state index contributed by atoms with van der Waals surface area (Å²) in [6.45, 7) is 8.79. The molecule has 1 heterocycles. The molecule has 0 amide bonds. The van der Waals surface area contributed by atoms with Gasteiger partial charge in [-0.3, -0.25) is 4.79 Å². The van der Waals surface area contributed by atoms with Gasteiger partial charge in [-0.15, -0.1) is 0 Å². The van der Waals surface area contributed by atoms with Crippen LogP contribution in [0.15, 0.2) is 66.4 Å². The molecule has 0 fully saturated rings. The Morgan fingerprint density at radius 3 is 2.40 bits per heavy atom. The number of fused-ring (bicyclic) bond motifs is 1.